The minimum absolute atomic E-state index is 0.266. The van der Waals surface area contributed by atoms with Gasteiger partial charge in [0.15, 0.2) is 0 Å². The zero-order chi connectivity index (χ0) is 36.1. The van der Waals surface area contributed by atoms with Crippen molar-refractivity contribution in [3.05, 3.63) is 66.2 Å². The van der Waals surface area contributed by atoms with Crippen molar-refractivity contribution in [2.45, 2.75) is 80.9 Å². The van der Waals surface area contributed by atoms with Crippen LogP contribution in [-0.4, -0.2) is 52.2 Å². The van der Waals surface area contributed by atoms with Gasteiger partial charge in [0.25, 0.3) is 20.0 Å². The van der Waals surface area contributed by atoms with Crippen LogP contribution in [0.4, 0.5) is 17.1 Å². The number of hydrogen-bond acceptors (Lipinski definition) is 9. The van der Waals surface area contributed by atoms with Gasteiger partial charge >= 0.3 is 0 Å². The molecule has 13 nitrogen and oxygen atoms in total. The Hall–Kier alpha value is -4.44. The molecule has 2 aliphatic rings. The quantitative estimate of drug-likeness (QED) is 0.0482. The van der Waals surface area contributed by atoms with Gasteiger partial charge < -0.3 is 5.73 Å². The molecule has 0 aliphatic carbocycles. The summed E-state index contributed by atoms with van der Waals surface area (Å²) in [5.74, 6) is -0.790. The zero-order valence-corrected chi connectivity index (χ0v) is 29.5. The minimum Gasteiger partial charge on any atom is -0.398 e. The first-order chi connectivity index (χ1) is 23.9. The van der Waals surface area contributed by atoms with Crippen molar-refractivity contribution in [1.29, 1.82) is 0 Å². The summed E-state index contributed by atoms with van der Waals surface area (Å²) in [6.45, 7) is 2.81. The molecule has 4 aromatic carbocycles. The molecule has 0 unspecified atom stereocenters. The smallest absolute Gasteiger partial charge is 0.265 e. The van der Waals surface area contributed by atoms with Crippen molar-refractivity contribution in [2.24, 2.45) is 0 Å². The maximum atomic E-state index is 12.9. The number of unbranched alkanes of at least 4 members (excludes halogenated alkanes) is 6. The van der Waals surface area contributed by atoms with Gasteiger partial charge in [-0.15, -0.1) is 0 Å². The normalized spacial score (nSPS) is 14.9. The van der Waals surface area contributed by atoms with Crippen LogP contribution in [0, 0.1) is 6.92 Å². The lowest BCUT2D eigenvalue weighted by atomic mass is 10.0. The van der Waals surface area contributed by atoms with Crippen molar-refractivity contribution < 1.29 is 36.8 Å². The number of sulfonamides is 2. The number of nitrogen functional groups attached to an aromatic ring is 1. The zero-order valence-electron chi connectivity index (χ0n) is 27.9. The van der Waals surface area contributed by atoms with E-state index in [-0.39, 0.29) is 18.7 Å². The number of carbonyl (C=O) groups excluding carboxylic acids is 2. The van der Waals surface area contributed by atoms with E-state index in [4.69, 9.17) is 16.1 Å². The number of rotatable bonds is 14. The number of anilines is 3. The second kappa shape index (κ2) is 15.6. The highest BCUT2D eigenvalue weighted by molar-refractivity contribution is 7.93. The van der Waals surface area contributed by atoms with Gasteiger partial charge in [-0.3, -0.25) is 28.6 Å². The van der Waals surface area contributed by atoms with Gasteiger partial charge in [0, 0.05) is 47.8 Å². The highest BCUT2D eigenvalue weighted by Crippen LogP contribution is 2.45. The van der Waals surface area contributed by atoms with Crippen LogP contribution in [0.5, 0.6) is 0 Å². The molecular formula is C35H43N5O8S2. The minimum atomic E-state index is -3.54. The summed E-state index contributed by atoms with van der Waals surface area (Å²) in [5.41, 5.74) is 12.3. The van der Waals surface area contributed by atoms with Crippen LogP contribution in [0.1, 0.15) is 69.8 Å². The topological polar surface area (TPSA) is 199 Å². The maximum absolute atomic E-state index is 12.9. The Bertz CT molecular complexity index is 1970. The number of nitrogens with zero attached hydrogens (tertiary/aromatic N) is 2. The van der Waals surface area contributed by atoms with E-state index >= 15 is 0 Å². The van der Waals surface area contributed by atoms with Gasteiger partial charge in [-0.1, -0.05) is 56.0 Å². The largest absolute Gasteiger partial charge is 0.398 e. The molecule has 0 fully saturated rings. The lowest BCUT2D eigenvalue weighted by molar-refractivity contribution is -0.130. The summed E-state index contributed by atoms with van der Waals surface area (Å²) in [6, 6.07) is 17.9. The molecule has 0 saturated carbocycles. The van der Waals surface area contributed by atoms with Crippen molar-refractivity contribution >= 4 is 70.5 Å². The van der Waals surface area contributed by atoms with Crippen molar-refractivity contribution in [1.82, 2.24) is 11.0 Å². The Morgan fingerprint density at radius 2 is 1.06 bits per heavy atom. The van der Waals surface area contributed by atoms with E-state index in [2.05, 4.69) is 0 Å². The number of hydroxylamine groups is 2. The Morgan fingerprint density at radius 1 is 0.620 bits per heavy atom. The molecule has 6 rings (SSSR count). The number of benzene rings is 4. The van der Waals surface area contributed by atoms with Gasteiger partial charge in [-0.25, -0.2) is 27.8 Å². The molecule has 2 heterocycles. The van der Waals surface area contributed by atoms with Crippen molar-refractivity contribution in [3.8, 4) is 0 Å². The van der Waals surface area contributed by atoms with Gasteiger partial charge in [-0.05, 0) is 73.9 Å². The molecule has 268 valence electrons. The number of hydrogen-bond donors (Lipinski definition) is 5. The molecule has 50 heavy (non-hydrogen) atoms. The van der Waals surface area contributed by atoms with E-state index in [1.807, 2.05) is 31.2 Å². The van der Waals surface area contributed by atoms with Gasteiger partial charge in [0.1, 0.15) is 0 Å². The Kier molecular flexibility index (Phi) is 11.5. The average molecular weight is 726 g/mol. The average Bonchev–Trinajstić information content (AvgIpc) is 3.47. The first-order valence-electron chi connectivity index (χ1n) is 16.7. The van der Waals surface area contributed by atoms with E-state index in [1.165, 1.54) is 8.61 Å². The van der Waals surface area contributed by atoms with Gasteiger partial charge in [-0.2, -0.15) is 0 Å². The Balaban J connectivity index is 0.000000194. The van der Waals surface area contributed by atoms with Crippen LogP contribution in [0.25, 0.3) is 21.5 Å². The monoisotopic (exact) mass is 725 g/mol. The SMILES string of the molecule is Cc1ccc2c3c(cccc13)S(=O)(=O)N2CCCCCCC(=O)NO.Nc1ccc2c3c(cccc13)S(=O)(=O)N2CCCCCCC(=O)NO. The van der Waals surface area contributed by atoms with Crippen LogP contribution >= 0.6 is 0 Å². The number of carbonyl (C=O) groups is 2. The molecule has 0 saturated heterocycles. The molecule has 2 aliphatic heterocycles. The predicted molar refractivity (Wildman–Crippen MR) is 192 cm³/mol. The molecule has 0 atom stereocenters. The maximum Gasteiger partial charge on any atom is 0.265 e. The summed E-state index contributed by atoms with van der Waals surface area (Å²) < 4.78 is 54.3. The molecule has 2 amide bonds. The number of amides is 2. The van der Waals surface area contributed by atoms with Gasteiger partial charge in [0.2, 0.25) is 11.8 Å². The second-order valence-corrected chi connectivity index (χ2v) is 16.1. The van der Waals surface area contributed by atoms with Crippen LogP contribution in [0.2, 0.25) is 0 Å². The van der Waals surface area contributed by atoms with Crippen LogP contribution < -0.4 is 25.3 Å². The third-order valence-electron chi connectivity index (χ3n) is 9.17. The summed E-state index contributed by atoms with van der Waals surface area (Å²) in [7, 11) is -7.03. The molecule has 0 spiro atoms. The molecule has 0 aromatic heterocycles. The molecule has 0 bridgehead atoms. The van der Waals surface area contributed by atoms with E-state index in [9.17, 15) is 26.4 Å². The predicted octanol–water partition coefficient (Wildman–Crippen LogP) is 5.50. The standard InChI is InChI=1S/C18H22N2O4S.C17H21N3O4S/c1-13-10-11-15-18-14(13)7-6-8-16(18)25(23,24)20(15)12-5-3-2-4-9-17(21)19-22;18-13-9-10-14-17-12(13)6-5-7-15(17)25(23,24)20(14)11-4-2-1-3-8-16(21)19-22/h6-8,10-11,22H,2-5,9,12H2,1H3,(H,19,21);5-7,9-10,22H,1-4,8,11,18H2,(H,19,21). The Labute approximate surface area is 292 Å². The van der Waals surface area contributed by atoms with Crippen LogP contribution in [0.15, 0.2) is 70.5 Å². The summed E-state index contributed by atoms with van der Waals surface area (Å²) >= 11 is 0. The third kappa shape index (κ3) is 7.36. The molecule has 15 heteroatoms. The fourth-order valence-electron chi connectivity index (χ4n) is 6.60. The van der Waals surface area contributed by atoms with Crippen LogP contribution in [-0.2, 0) is 29.6 Å². The van der Waals surface area contributed by atoms with Crippen LogP contribution in [0.3, 0.4) is 0 Å². The first kappa shape index (κ1) is 36.8. The van der Waals surface area contributed by atoms with Gasteiger partial charge in [0.05, 0.1) is 21.2 Å². The van der Waals surface area contributed by atoms with E-state index in [0.29, 0.717) is 58.9 Å². The second-order valence-electron chi connectivity index (χ2n) is 12.5. The molecular weight excluding hydrogens is 683 g/mol. The number of nitrogens with two attached hydrogens (primary N) is 1. The number of aryl methyl sites for hydroxylation is 1. The summed E-state index contributed by atoms with van der Waals surface area (Å²) in [5, 5.41) is 20.1. The third-order valence-corrected chi connectivity index (χ3v) is 12.9. The highest BCUT2D eigenvalue weighted by atomic mass is 32.2. The molecule has 4 aromatic rings. The van der Waals surface area contributed by atoms with E-state index in [1.54, 1.807) is 47.4 Å². The summed E-state index contributed by atoms with van der Waals surface area (Å²) in [4.78, 5) is 22.6. The first-order valence-corrected chi connectivity index (χ1v) is 19.6. The Morgan fingerprint density at radius 3 is 1.56 bits per heavy atom. The fraction of sp³-hybridized carbons (Fsp3) is 0.371. The molecule has 6 N–H and O–H groups in total. The lowest BCUT2D eigenvalue weighted by Crippen LogP contribution is -2.28. The van der Waals surface area contributed by atoms with Crippen molar-refractivity contribution in [2.75, 3.05) is 27.4 Å². The van der Waals surface area contributed by atoms with Crippen molar-refractivity contribution in [3.63, 3.8) is 0 Å². The fourth-order valence-corrected chi connectivity index (χ4v) is 10.1. The summed E-state index contributed by atoms with van der Waals surface area (Å²) in [6.07, 6.45) is 6.55. The number of nitrogens with one attached hydrogen (secondary N) is 2. The lowest BCUT2D eigenvalue weighted by Gasteiger charge is -2.18. The van der Waals surface area contributed by atoms with E-state index < -0.39 is 26.0 Å². The molecule has 0 radical (unpaired) electrons. The van der Waals surface area contributed by atoms with E-state index in [0.717, 1.165) is 59.5 Å². The highest BCUT2D eigenvalue weighted by Gasteiger charge is 2.36.